The van der Waals surface area contributed by atoms with E-state index in [9.17, 15) is 29.1 Å². The summed E-state index contributed by atoms with van der Waals surface area (Å²) in [6.45, 7) is 11.0. The zero-order chi connectivity index (χ0) is 30.0. The molecule has 0 amide bonds. The molecule has 2 heterocycles. The number of ether oxygens (including phenoxy) is 6. The zero-order valence-corrected chi connectivity index (χ0v) is 23.8. The summed E-state index contributed by atoms with van der Waals surface area (Å²) >= 11 is 0. The van der Waals surface area contributed by atoms with Crippen LogP contribution in [0.5, 0.6) is 0 Å². The van der Waals surface area contributed by atoms with Gasteiger partial charge in [-0.1, -0.05) is 18.6 Å². The molecule has 2 aliphatic heterocycles. The topological polar surface area (TPSA) is 164 Å². The molecule has 10 atom stereocenters. The predicted molar refractivity (Wildman–Crippen MR) is 134 cm³/mol. The van der Waals surface area contributed by atoms with Gasteiger partial charge in [-0.15, -0.1) is 0 Å². The molecule has 0 aromatic rings. The minimum Gasteiger partial charge on any atom is -0.459 e. The smallest absolute Gasteiger partial charge is 0.342 e. The van der Waals surface area contributed by atoms with Crippen LogP contribution in [-0.2, 0) is 52.4 Å². The predicted octanol–water partition coefficient (Wildman–Crippen LogP) is 1.46. The second kappa shape index (κ2) is 9.69. The molecule has 4 aliphatic rings. The molecule has 12 heteroatoms. The van der Waals surface area contributed by atoms with Gasteiger partial charge in [-0.3, -0.25) is 19.2 Å². The molecule has 1 spiro atoms. The molecule has 0 saturated carbocycles. The molecule has 0 unspecified atom stereocenters. The largest absolute Gasteiger partial charge is 0.459 e. The fraction of sp³-hybridized carbons (Fsp3) is 0.679. The monoisotopic (exact) mass is 564 g/mol. The van der Waals surface area contributed by atoms with Crippen molar-refractivity contribution in [3.05, 3.63) is 23.8 Å². The van der Waals surface area contributed by atoms with E-state index in [1.807, 2.05) is 0 Å². The number of hydrogen-bond donors (Lipinski definition) is 1. The highest BCUT2D eigenvalue weighted by Crippen LogP contribution is 2.65. The van der Waals surface area contributed by atoms with Gasteiger partial charge in [0.15, 0.2) is 17.3 Å². The Balaban J connectivity index is 2.06. The van der Waals surface area contributed by atoms with E-state index in [2.05, 4.69) is 0 Å². The molecule has 2 fully saturated rings. The summed E-state index contributed by atoms with van der Waals surface area (Å²) in [5.74, 6) is -4.71. The Kier molecular flexibility index (Phi) is 7.20. The first-order valence-corrected chi connectivity index (χ1v) is 13.1. The molecule has 0 radical (unpaired) electrons. The van der Waals surface area contributed by atoms with Gasteiger partial charge in [0, 0.05) is 45.4 Å². The molecule has 1 N–H and O–H groups in total. The second-order valence-electron chi connectivity index (χ2n) is 11.6. The first kappa shape index (κ1) is 29.7. The maximum absolute atomic E-state index is 13.1. The van der Waals surface area contributed by atoms with Gasteiger partial charge in [-0.2, -0.15) is 0 Å². The van der Waals surface area contributed by atoms with Crippen molar-refractivity contribution in [2.45, 2.75) is 109 Å². The fourth-order valence-electron chi connectivity index (χ4n) is 6.88. The first-order chi connectivity index (χ1) is 18.4. The molecule has 220 valence electrons. The van der Waals surface area contributed by atoms with Gasteiger partial charge in [-0.25, -0.2) is 4.79 Å². The molecule has 0 bridgehead atoms. The van der Waals surface area contributed by atoms with Gasteiger partial charge in [0.2, 0.25) is 0 Å². The Morgan fingerprint density at radius 2 is 1.45 bits per heavy atom. The molecular formula is C28H36O12. The average molecular weight is 565 g/mol. The number of esters is 5. The highest BCUT2D eigenvalue weighted by molar-refractivity contribution is 5.89. The van der Waals surface area contributed by atoms with Crippen LogP contribution in [0.2, 0.25) is 0 Å². The number of carbonyl (C=O) groups excluding carboxylic acids is 5. The molecule has 2 aliphatic carbocycles. The van der Waals surface area contributed by atoms with Crippen molar-refractivity contribution < 1.29 is 57.5 Å². The van der Waals surface area contributed by atoms with Gasteiger partial charge >= 0.3 is 29.8 Å². The number of epoxide rings is 1. The lowest BCUT2D eigenvalue weighted by Gasteiger charge is -2.55. The number of carbonyl (C=O) groups is 5. The van der Waals surface area contributed by atoms with Crippen molar-refractivity contribution in [3.8, 4) is 0 Å². The Bertz CT molecular complexity index is 1200. The van der Waals surface area contributed by atoms with Gasteiger partial charge < -0.3 is 33.5 Å². The van der Waals surface area contributed by atoms with Gasteiger partial charge in [0.05, 0.1) is 0 Å². The quantitative estimate of drug-likeness (QED) is 0.227. The molecular weight excluding hydrogens is 528 g/mol. The van der Waals surface area contributed by atoms with Crippen LogP contribution in [0.3, 0.4) is 0 Å². The minimum absolute atomic E-state index is 0.0717. The minimum atomic E-state index is -2.00. The standard InChI is InChI=1S/C28H36O12/c1-13-11-18(35-14(2)29)22(37-16(4)31)25(6)10-9-19(36-15(3)30)26(7,34)21(25)23(38-17(5)32)28-20(12-13)39-24(33)27(28,8)40-28/h9-10,12,18-23,34H,11H2,1-8H3/b13-12-/t18-,19+,20-,21+,22-,23-,25-,26+,27-,28-/m0/s1. The summed E-state index contributed by atoms with van der Waals surface area (Å²) < 4.78 is 34.7. The summed E-state index contributed by atoms with van der Waals surface area (Å²) in [6.07, 6.45) is -1.23. The average Bonchev–Trinajstić information content (AvgIpc) is 3.38. The molecule has 12 nitrogen and oxygen atoms in total. The Labute approximate surface area is 231 Å². The van der Waals surface area contributed by atoms with Crippen LogP contribution in [0.1, 0.15) is 61.8 Å². The van der Waals surface area contributed by atoms with Crippen molar-refractivity contribution in [2.24, 2.45) is 11.3 Å². The third-order valence-electron chi connectivity index (χ3n) is 8.46. The van der Waals surface area contributed by atoms with E-state index in [0.717, 1.165) is 0 Å². The van der Waals surface area contributed by atoms with Crippen molar-refractivity contribution in [1.82, 2.24) is 0 Å². The summed E-state index contributed by atoms with van der Waals surface area (Å²) in [7, 11) is 0. The van der Waals surface area contributed by atoms with E-state index < -0.39 is 88.5 Å². The van der Waals surface area contributed by atoms with E-state index in [0.29, 0.717) is 5.57 Å². The normalized spacial score (nSPS) is 44.8. The number of fused-ring (bicyclic) bond motifs is 1. The van der Waals surface area contributed by atoms with Gasteiger partial charge in [-0.05, 0) is 32.9 Å². The van der Waals surface area contributed by atoms with E-state index in [1.165, 1.54) is 47.6 Å². The van der Waals surface area contributed by atoms with Crippen molar-refractivity contribution in [3.63, 3.8) is 0 Å². The van der Waals surface area contributed by atoms with Gasteiger partial charge in [0.25, 0.3) is 0 Å². The lowest BCUT2D eigenvalue weighted by atomic mass is 9.55. The summed E-state index contributed by atoms with van der Waals surface area (Å²) in [6, 6.07) is 0. The molecule has 40 heavy (non-hydrogen) atoms. The molecule has 0 aromatic heterocycles. The van der Waals surface area contributed by atoms with E-state index in [-0.39, 0.29) is 6.42 Å². The second-order valence-corrected chi connectivity index (χ2v) is 11.6. The van der Waals surface area contributed by atoms with Crippen LogP contribution in [0.4, 0.5) is 0 Å². The highest BCUT2D eigenvalue weighted by Gasteiger charge is 2.88. The lowest BCUT2D eigenvalue weighted by Crippen LogP contribution is -2.68. The third kappa shape index (κ3) is 4.50. The van der Waals surface area contributed by atoms with Crippen molar-refractivity contribution >= 4 is 29.8 Å². The van der Waals surface area contributed by atoms with Crippen LogP contribution in [-0.4, -0.2) is 82.3 Å². The number of rotatable bonds is 4. The zero-order valence-electron chi connectivity index (χ0n) is 23.8. The fourth-order valence-corrected chi connectivity index (χ4v) is 6.88. The van der Waals surface area contributed by atoms with Crippen LogP contribution in [0.25, 0.3) is 0 Å². The molecule has 0 aromatic carbocycles. The summed E-state index contributed by atoms with van der Waals surface area (Å²) in [5.41, 5.74) is -5.93. The maximum Gasteiger partial charge on any atom is 0.342 e. The van der Waals surface area contributed by atoms with Crippen LogP contribution in [0, 0.1) is 11.3 Å². The van der Waals surface area contributed by atoms with E-state index >= 15 is 0 Å². The number of aliphatic hydroxyl groups is 1. The molecule has 2 saturated heterocycles. The van der Waals surface area contributed by atoms with Crippen molar-refractivity contribution in [2.75, 3.05) is 0 Å². The van der Waals surface area contributed by atoms with Crippen LogP contribution < -0.4 is 0 Å². The summed E-state index contributed by atoms with van der Waals surface area (Å²) in [4.78, 5) is 62.4. The van der Waals surface area contributed by atoms with Crippen LogP contribution >= 0.6 is 0 Å². The van der Waals surface area contributed by atoms with E-state index in [4.69, 9.17) is 28.4 Å². The Hall–Kier alpha value is -3.25. The molecule has 4 rings (SSSR count). The van der Waals surface area contributed by atoms with E-state index in [1.54, 1.807) is 26.0 Å². The Morgan fingerprint density at radius 3 is 1.98 bits per heavy atom. The third-order valence-corrected chi connectivity index (χ3v) is 8.46. The highest BCUT2D eigenvalue weighted by atomic mass is 16.7. The summed E-state index contributed by atoms with van der Waals surface area (Å²) in [5, 5.41) is 12.2. The first-order valence-electron chi connectivity index (χ1n) is 13.1. The van der Waals surface area contributed by atoms with Gasteiger partial charge in [0.1, 0.15) is 30.0 Å². The number of hydrogen-bond acceptors (Lipinski definition) is 12. The Morgan fingerprint density at radius 1 is 0.900 bits per heavy atom. The van der Waals surface area contributed by atoms with Crippen LogP contribution in [0.15, 0.2) is 23.8 Å². The maximum atomic E-state index is 13.1. The SMILES string of the molecule is CC(=O)O[C@H]1C/C(C)=C\[C@@H]2OC(=O)[C@]3(C)O[C@]23[C@@H](OC(C)=O)[C@H]2[C@](C)(O)[C@H](OC(C)=O)C=C[C@]2(C)[C@H]1OC(C)=O. The van der Waals surface area contributed by atoms with Crippen molar-refractivity contribution in [1.29, 1.82) is 0 Å². The lowest BCUT2D eigenvalue weighted by molar-refractivity contribution is -0.227.